The van der Waals surface area contributed by atoms with Crippen LogP contribution in [0.4, 0.5) is 0 Å². The number of aliphatic hydroxyl groups is 1. The molecule has 2 nitrogen and oxygen atoms in total. The lowest BCUT2D eigenvalue weighted by Crippen LogP contribution is -2.11. The molecule has 0 saturated heterocycles. The number of rotatable bonds is 3. The predicted molar refractivity (Wildman–Crippen MR) is 57.8 cm³/mol. The van der Waals surface area contributed by atoms with E-state index in [0.717, 1.165) is 10.0 Å². The average Bonchev–Trinajstić information content (AvgIpc) is 2.03. The highest BCUT2D eigenvalue weighted by molar-refractivity contribution is 9.10. The van der Waals surface area contributed by atoms with Gasteiger partial charge in [0.05, 0.1) is 0 Å². The van der Waals surface area contributed by atoms with Crippen LogP contribution in [-0.4, -0.2) is 11.7 Å². The zero-order valence-corrected chi connectivity index (χ0v) is 9.35. The molecule has 0 aliphatic carbocycles. The number of aliphatic hydroxyl groups excluding tert-OH is 1. The van der Waals surface area contributed by atoms with E-state index in [1.807, 2.05) is 12.1 Å². The molecule has 0 aromatic heterocycles. The van der Waals surface area contributed by atoms with Gasteiger partial charge in [-0.25, -0.2) is 0 Å². The van der Waals surface area contributed by atoms with Gasteiger partial charge in [-0.15, -0.1) is 0 Å². The maximum absolute atomic E-state index is 8.71. The topological polar surface area (TPSA) is 46.2 Å². The van der Waals surface area contributed by atoms with E-state index in [9.17, 15) is 0 Å². The fourth-order valence-corrected chi connectivity index (χ4v) is 1.98. The second kappa shape index (κ2) is 4.96. The van der Waals surface area contributed by atoms with Crippen molar-refractivity contribution >= 4 is 27.5 Å². The minimum absolute atomic E-state index is 0.0886. The Morgan fingerprint density at radius 1 is 1.46 bits per heavy atom. The molecule has 1 aromatic rings. The van der Waals surface area contributed by atoms with Crippen LogP contribution in [0.3, 0.4) is 0 Å². The molecule has 0 fully saturated rings. The molecule has 3 N–H and O–H groups in total. The summed E-state index contributed by atoms with van der Waals surface area (Å²) in [7, 11) is 0. The Balaban J connectivity index is 2.87. The summed E-state index contributed by atoms with van der Waals surface area (Å²) < 4.78 is 0.906. The first kappa shape index (κ1) is 11.0. The van der Waals surface area contributed by atoms with Gasteiger partial charge in [-0.3, -0.25) is 0 Å². The molecular weight excluding hydrogens is 253 g/mol. The molecule has 72 valence electrons. The number of hydrogen-bond donors (Lipinski definition) is 2. The molecule has 13 heavy (non-hydrogen) atoms. The van der Waals surface area contributed by atoms with Crippen molar-refractivity contribution in [2.75, 3.05) is 6.61 Å². The van der Waals surface area contributed by atoms with E-state index in [4.69, 9.17) is 22.4 Å². The lowest BCUT2D eigenvalue weighted by atomic mass is 10.1. The Bertz CT molecular complexity index is 273. The van der Waals surface area contributed by atoms with Crippen LogP contribution in [0.25, 0.3) is 0 Å². The summed E-state index contributed by atoms with van der Waals surface area (Å²) in [5, 5.41) is 9.36. The Labute approximate surface area is 90.8 Å². The molecule has 0 saturated carbocycles. The summed E-state index contributed by atoms with van der Waals surface area (Å²) in [6.45, 7) is 0.0886. The first-order valence-electron chi connectivity index (χ1n) is 3.96. The van der Waals surface area contributed by atoms with Crippen LogP contribution < -0.4 is 5.73 Å². The van der Waals surface area contributed by atoms with Gasteiger partial charge in [-0.2, -0.15) is 0 Å². The molecule has 1 unspecified atom stereocenters. The summed E-state index contributed by atoms with van der Waals surface area (Å²) >= 11 is 9.18. The summed E-state index contributed by atoms with van der Waals surface area (Å²) in [6, 6.07) is 5.37. The molecule has 0 aliphatic heterocycles. The number of nitrogens with two attached hydrogens (primary N) is 1. The van der Waals surface area contributed by atoms with Gasteiger partial charge in [0.25, 0.3) is 0 Å². The maximum Gasteiger partial charge on any atom is 0.0449 e. The van der Waals surface area contributed by atoms with Gasteiger partial charge >= 0.3 is 0 Å². The van der Waals surface area contributed by atoms with Crippen LogP contribution in [0, 0.1) is 0 Å². The number of benzene rings is 1. The standard InChI is InChI=1S/C9H11BrClNO/c10-7-3-6(4-8(11)5-7)9(12)1-2-13/h3-5,9,13H,1-2,12H2. The second-order valence-corrected chi connectivity index (χ2v) is 4.17. The smallest absolute Gasteiger partial charge is 0.0449 e. The molecule has 0 amide bonds. The summed E-state index contributed by atoms with van der Waals surface area (Å²) in [6.07, 6.45) is 0.548. The van der Waals surface area contributed by atoms with E-state index in [2.05, 4.69) is 15.9 Å². The van der Waals surface area contributed by atoms with Gasteiger partial charge in [0.1, 0.15) is 0 Å². The largest absolute Gasteiger partial charge is 0.396 e. The van der Waals surface area contributed by atoms with Gasteiger partial charge in [0.15, 0.2) is 0 Å². The SMILES string of the molecule is NC(CCO)c1cc(Cl)cc(Br)c1. The second-order valence-electron chi connectivity index (χ2n) is 2.82. The van der Waals surface area contributed by atoms with Crippen LogP contribution >= 0.6 is 27.5 Å². The van der Waals surface area contributed by atoms with Gasteiger partial charge in [-0.1, -0.05) is 27.5 Å². The first-order chi connectivity index (χ1) is 6.13. The third kappa shape index (κ3) is 3.27. The third-order valence-electron chi connectivity index (χ3n) is 1.75. The Morgan fingerprint density at radius 2 is 2.15 bits per heavy atom. The van der Waals surface area contributed by atoms with E-state index < -0.39 is 0 Å². The predicted octanol–water partition coefficient (Wildman–Crippen LogP) is 2.48. The summed E-state index contributed by atoms with van der Waals surface area (Å²) in [5.74, 6) is 0. The average molecular weight is 265 g/mol. The van der Waals surface area contributed by atoms with E-state index in [1.165, 1.54) is 0 Å². The summed E-state index contributed by atoms with van der Waals surface area (Å²) in [5.41, 5.74) is 6.74. The van der Waals surface area contributed by atoms with E-state index in [-0.39, 0.29) is 12.6 Å². The number of halogens is 2. The molecule has 0 spiro atoms. The maximum atomic E-state index is 8.71. The highest BCUT2D eigenvalue weighted by Gasteiger charge is 2.06. The van der Waals surface area contributed by atoms with E-state index >= 15 is 0 Å². The quantitative estimate of drug-likeness (QED) is 0.881. The Kier molecular flexibility index (Phi) is 4.19. The Morgan fingerprint density at radius 3 is 2.69 bits per heavy atom. The summed E-state index contributed by atoms with van der Waals surface area (Å²) in [4.78, 5) is 0. The van der Waals surface area contributed by atoms with Crippen molar-refractivity contribution in [2.24, 2.45) is 5.73 Å². The van der Waals surface area contributed by atoms with Gasteiger partial charge < -0.3 is 10.8 Å². The fourth-order valence-electron chi connectivity index (χ4n) is 1.09. The van der Waals surface area contributed by atoms with Crippen molar-refractivity contribution in [3.8, 4) is 0 Å². The van der Waals surface area contributed by atoms with Crippen molar-refractivity contribution < 1.29 is 5.11 Å². The first-order valence-corrected chi connectivity index (χ1v) is 5.13. The molecule has 0 bridgehead atoms. The van der Waals surface area contributed by atoms with Gasteiger partial charge in [0, 0.05) is 22.1 Å². The van der Waals surface area contributed by atoms with E-state index in [0.29, 0.717) is 11.4 Å². The zero-order valence-electron chi connectivity index (χ0n) is 7.00. The van der Waals surface area contributed by atoms with Crippen LogP contribution in [-0.2, 0) is 0 Å². The van der Waals surface area contributed by atoms with Crippen molar-refractivity contribution in [3.63, 3.8) is 0 Å². The molecule has 1 rings (SSSR count). The molecule has 0 heterocycles. The van der Waals surface area contributed by atoms with Crippen LogP contribution in [0.5, 0.6) is 0 Å². The van der Waals surface area contributed by atoms with Crippen molar-refractivity contribution in [1.29, 1.82) is 0 Å². The molecule has 1 atom stereocenters. The minimum Gasteiger partial charge on any atom is -0.396 e. The fraction of sp³-hybridized carbons (Fsp3) is 0.333. The monoisotopic (exact) mass is 263 g/mol. The lowest BCUT2D eigenvalue weighted by Gasteiger charge is -2.10. The molecule has 4 heteroatoms. The van der Waals surface area contributed by atoms with Crippen LogP contribution in [0.15, 0.2) is 22.7 Å². The van der Waals surface area contributed by atoms with Crippen LogP contribution in [0.2, 0.25) is 5.02 Å². The van der Waals surface area contributed by atoms with Gasteiger partial charge in [0.2, 0.25) is 0 Å². The third-order valence-corrected chi connectivity index (χ3v) is 2.43. The number of hydrogen-bond acceptors (Lipinski definition) is 2. The molecular formula is C9H11BrClNO. The molecule has 0 radical (unpaired) electrons. The zero-order chi connectivity index (χ0) is 9.84. The van der Waals surface area contributed by atoms with Crippen molar-refractivity contribution in [2.45, 2.75) is 12.5 Å². The Hall–Kier alpha value is -0.0900. The molecule has 0 aliphatic rings. The van der Waals surface area contributed by atoms with Crippen molar-refractivity contribution in [3.05, 3.63) is 33.3 Å². The van der Waals surface area contributed by atoms with E-state index in [1.54, 1.807) is 6.07 Å². The minimum atomic E-state index is -0.153. The highest BCUT2D eigenvalue weighted by Crippen LogP contribution is 2.23. The van der Waals surface area contributed by atoms with Crippen LogP contribution in [0.1, 0.15) is 18.0 Å². The van der Waals surface area contributed by atoms with Gasteiger partial charge in [-0.05, 0) is 30.2 Å². The van der Waals surface area contributed by atoms with Crippen molar-refractivity contribution in [1.82, 2.24) is 0 Å². The lowest BCUT2D eigenvalue weighted by molar-refractivity contribution is 0.276. The molecule has 1 aromatic carbocycles. The normalized spacial score (nSPS) is 12.9. The highest BCUT2D eigenvalue weighted by atomic mass is 79.9.